The number of aliphatic imine (C=N–C) groups is 2. The highest BCUT2D eigenvalue weighted by Gasteiger charge is 2.46. The Hall–Kier alpha value is -3.10. The Bertz CT molecular complexity index is 1220. The van der Waals surface area contributed by atoms with E-state index in [9.17, 15) is 0 Å². The zero-order valence-corrected chi connectivity index (χ0v) is 21.7. The summed E-state index contributed by atoms with van der Waals surface area (Å²) in [6.07, 6.45) is 10.5. The molecule has 2 fully saturated rings. The summed E-state index contributed by atoms with van der Waals surface area (Å²) in [6.45, 7) is 6.01. The van der Waals surface area contributed by atoms with Crippen LogP contribution in [0.5, 0.6) is 11.5 Å². The van der Waals surface area contributed by atoms with Gasteiger partial charge in [0.2, 0.25) is 5.70 Å². The van der Waals surface area contributed by atoms with Crippen LogP contribution in [0.2, 0.25) is 0 Å². The lowest BCUT2D eigenvalue weighted by molar-refractivity contribution is -0.750. The van der Waals surface area contributed by atoms with Crippen molar-refractivity contribution in [2.45, 2.75) is 25.7 Å². The van der Waals surface area contributed by atoms with E-state index in [0.29, 0.717) is 5.92 Å². The smallest absolute Gasteiger partial charge is 0.264 e. The van der Waals surface area contributed by atoms with Crippen molar-refractivity contribution in [1.29, 1.82) is 0 Å². The minimum absolute atomic E-state index is 0.0823. The van der Waals surface area contributed by atoms with Gasteiger partial charge in [0.25, 0.3) is 5.84 Å². The molecule has 0 aromatic heterocycles. The molecule has 0 radical (unpaired) electrons. The third-order valence-corrected chi connectivity index (χ3v) is 8.26. The molecule has 6 rings (SSSR count). The molecule has 0 bridgehead atoms. The minimum Gasteiger partial charge on any atom is -0.457 e. The van der Waals surface area contributed by atoms with Crippen molar-refractivity contribution in [2.24, 2.45) is 27.7 Å². The first kappa shape index (κ1) is 24.2. The first-order valence-electron chi connectivity index (χ1n) is 13.5. The average molecular weight is 498 g/mol. The van der Waals surface area contributed by atoms with Crippen LogP contribution in [-0.2, 0) is 0 Å². The number of nitrogens with zero attached hydrogens (tertiary/aromatic N) is 5. The largest absolute Gasteiger partial charge is 0.457 e. The Kier molecular flexibility index (Phi) is 6.78. The molecule has 1 unspecified atom stereocenters. The summed E-state index contributed by atoms with van der Waals surface area (Å²) in [6, 6.07) is 17.9. The van der Waals surface area contributed by atoms with Gasteiger partial charge in [0.15, 0.2) is 0 Å². The van der Waals surface area contributed by atoms with Crippen LogP contribution in [0.1, 0.15) is 31.2 Å². The molecule has 2 N–H and O–H groups in total. The highest BCUT2D eigenvalue weighted by Crippen LogP contribution is 2.41. The maximum atomic E-state index is 6.99. The quantitative estimate of drug-likeness (QED) is 0.462. The number of likely N-dealkylation sites (N-methyl/N-ethyl adjacent to an activating group) is 1. The van der Waals surface area contributed by atoms with Gasteiger partial charge in [0.1, 0.15) is 23.4 Å². The van der Waals surface area contributed by atoms with Gasteiger partial charge in [0.05, 0.1) is 18.0 Å². The minimum atomic E-state index is 0.0823. The number of hydrogen-bond acceptors (Lipinski definition) is 6. The van der Waals surface area contributed by atoms with Crippen molar-refractivity contribution in [3.8, 4) is 11.5 Å². The van der Waals surface area contributed by atoms with Crippen molar-refractivity contribution in [3.05, 3.63) is 84.0 Å². The van der Waals surface area contributed by atoms with Crippen molar-refractivity contribution >= 4 is 12.1 Å². The first-order chi connectivity index (χ1) is 18.1. The molecule has 0 amide bonds. The Morgan fingerprint density at radius 2 is 1.62 bits per heavy atom. The normalized spacial score (nSPS) is 28.3. The molecule has 3 heterocycles. The predicted molar refractivity (Wildman–Crippen MR) is 148 cm³/mol. The topological polar surface area (TPSA) is 66.5 Å². The van der Waals surface area contributed by atoms with Crippen LogP contribution in [-0.4, -0.2) is 66.2 Å². The van der Waals surface area contributed by atoms with Crippen LogP contribution < -0.4 is 10.6 Å². The lowest BCUT2D eigenvalue weighted by Gasteiger charge is -2.36. The average Bonchev–Trinajstić information content (AvgIpc) is 3.24. The first-order valence-corrected chi connectivity index (χ1v) is 13.5. The van der Waals surface area contributed by atoms with Crippen LogP contribution in [0.3, 0.4) is 0 Å². The Labute approximate surface area is 219 Å². The molecule has 3 aliphatic heterocycles. The monoisotopic (exact) mass is 497 g/mol. The molecule has 192 valence electrons. The van der Waals surface area contributed by atoms with Crippen LogP contribution >= 0.6 is 0 Å². The maximum absolute atomic E-state index is 6.99. The number of piperazine rings is 1. The molecule has 1 aliphatic carbocycles. The van der Waals surface area contributed by atoms with E-state index in [4.69, 9.17) is 15.6 Å². The number of benzene rings is 2. The molecule has 7 heteroatoms. The van der Waals surface area contributed by atoms with Gasteiger partial charge >= 0.3 is 0 Å². The second kappa shape index (κ2) is 10.3. The third kappa shape index (κ3) is 5.05. The lowest BCUT2D eigenvalue weighted by Crippen LogP contribution is -2.53. The zero-order chi connectivity index (χ0) is 25.2. The highest BCUT2D eigenvalue weighted by molar-refractivity contribution is 6.00. The van der Waals surface area contributed by atoms with E-state index >= 15 is 0 Å². The molecule has 2 aromatic carbocycles. The van der Waals surface area contributed by atoms with Gasteiger partial charge in [-0.05, 0) is 75.0 Å². The molecule has 7 nitrogen and oxygen atoms in total. The number of fused-ring (bicyclic) bond motifs is 1. The van der Waals surface area contributed by atoms with Crippen molar-refractivity contribution in [3.63, 3.8) is 0 Å². The molecular formula is C30H37N6O+. The fraction of sp³-hybridized carbons (Fsp3) is 0.400. The molecule has 0 spiro atoms. The summed E-state index contributed by atoms with van der Waals surface area (Å²) in [4.78, 5) is 14.7. The number of ether oxygens (including phenoxy) is 1. The number of para-hydroxylation sites is 1. The lowest BCUT2D eigenvalue weighted by atomic mass is 9.80. The Morgan fingerprint density at radius 1 is 0.919 bits per heavy atom. The predicted octanol–water partition coefficient (Wildman–Crippen LogP) is 4.75. The summed E-state index contributed by atoms with van der Waals surface area (Å²) in [5.74, 6) is 10.7. The van der Waals surface area contributed by atoms with E-state index in [0.717, 1.165) is 53.1 Å². The SMILES string of the molecule is CN1CCN(CC2CCC(C3=C4C=NC=C[N+]4(N)C(c4ccc(Oc5ccccc5)cc4)=N3)CC2)CC1. The van der Waals surface area contributed by atoms with Gasteiger partial charge in [-0.2, -0.15) is 10.8 Å². The molecule has 37 heavy (non-hydrogen) atoms. The third-order valence-electron chi connectivity index (χ3n) is 8.26. The standard InChI is InChI=1S/C30H37N6O/c1-34-16-18-35(19-17-34)22-23-7-9-24(10-8-23)29-28-21-32-15-20-36(28,31)30(33-29)25-11-13-27(14-12-25)37-26-5-3-2-4-6-26/h2-6,11-15,20-21,23-24H,7-10,16-19,22,31H2,1H3/q+1. The number of hydrogen-bond donors (Lipinski definition) is 1. The van der Waals surface area contributed by atoms with Gasteiger partial charge in [-0.3, -0.25) is 4.99 Å². The summed E-state index contributed by atoms with van der Waals surface area (Å²) in [5, 5.41) is 0. The van der Waals surface area contributed by atoms with E-state index in [-0.39, 0.29) is 4.59 Å². The fourth-order valence-electron chi connectivity index (χ4n) is 6.02. The molecule has 1 saturated heterocycles. The van der Waals surface area contributed by atoms with E-state index in [2.05, 4.69) is 34.0 Å². The van der Waals surface area contributed by atoms with Gasteiger partial charge in [-0.15, -0.1) is 4.59 Å². The fourth-order valence-corrected chi connectivity index (χ4v) is 6.02. The Morgan fingerprint density at radius 3 is 2.35 bits per heavy atom. The second-order valence-corrected chi connectivity index (χ2v) is 10.8. The highest BCUT2D eigenvalue weighted by atomic mass is 16.5. The number of quaternary nitrogens is 1. The van der Waals surface area contributed by atoms with Crippen molar-refractivity contribution in [2.75, 3.05) is 39.8 Å². The molecular weight excluding hydrogens is 460 g/mol. The molecule has 1 saturated carbocycles. The van der Waals surface area contributed by atoms with Gasteiger partial charge < -0.3 is 14.5 Å². The van der Waals surface area contributed by atoms with Crippen LogP contribution in [0.4, 0.5) is 0 Å². The van der Waals surface area contributed by atoms with Gasteiger partial charge in [-0.25, -0.2) is 0 Å². The summed E-state index contributed by atoms with van der Waals surface area (Å²) >= 11 is 0. The summed E-state index contributed by atoms with van der Waals surface area (Å²) in [5.41, 5.74) is 3.12. The molecule has 2 aromatic rings. The number of rotatable bonds is 6. The summed E-state index contributed by atoms with van der Waals surface area (Å²) < 4.78 is 6.07. The van der Waals surface area contributed by atoms with E-state index in [1.807, 2.05) is 54.9 Å². The zero-order valence-electron chi connectivity index (χ0n) is 21.7. The number of amidine groups is 1. The molecule has 1 atom stereocenters. The van der Waals surface area contributed by atoms with Gasteiger partial charge in [-0.1, -0.05) is 18.2 Å². The van der Waals surface area contributed by atoms with E-state index in [1.54, 1.807) is 6.20 Å². The van der Waals surface area contributed by atoms with E-state index in [1.165, 1.54) is 45.6 Å². The van der Waals surface area contributed by atoms with Gasteiger partial charge in [0, 0.05) is 38.6 Å². The number of allylic oxidation sites excluding steroid dienone is 2. The van der Waals surface area contributed by atoms with Crippen molar-refractivity contribution < 1.29 is 9.33 Å². The maximum Gasteiger partial charge on any atom is 0.264 e. The molecule has 4 aliphatic rings. The van der Waals surface area contributed by atoms with Crippen molar-refractivity contribution in [1.82, 2.24) is 9.80 Å². The Balaban J connectivity index is 1.16. The van der Waals surface area contributed by atoms with Crippen LogP contribution in [0.15, 0.2) is 88.4 Å². The second-order valence-electron chi connectivity index (χ2n) is 10.8. The summed E-state index contributed by atoms with van der Waals surface area (Å²) in [7, 11) is 2.22. The van der Waals surface area contributed by atoms with E-state index < -0.39 is 0 Å². The van der Waals surface area contributed by atoms with Crippen LogP contribution in [0, 0.1) is 11.8 Å². The van der Waals surface area contributed by atoms with Crippen LogP contribution in [0.25, 0.3) is 0 Å². The number of nitrogens with two attached hydrogens (primary N) is 1.